The van der Waals surface area contributed by atoms with Gasteiger partial charge < -0.3 is 36.9 Å². The molecule has 0 saturated carbocycles. The topological polar surface area (TPSA) is 234 Å². The van der Waals surface area contributed by atoms with Crippen molar-refractivity contribution in [2.45, 2.75) is 154 Å². The minimum atomic E-state index is -1.19. The monoisotopic (exact) mass is 722 g/mol. The molecule has 51 heavy (non-hydrogen) atoms. The van der Waals surface area contributed by atoms with Crippen LogP contribution in [0.5, 0.6) is 0 Å². The molecule has 1 aromatic heterocycles. The van der Waals surface area contributed by atoms with E-state index in [4.69, 9.17) is 10.8 Å². The average Bonchev–Trinajstić information content (AvgIpc) is 3.60. The number of rotatable bonds is 34. The van der Waals surface area contributed by atoms with Crippen LogP contribution in [0.4, 0.5) is 0 Å². The van der Waals surface area contributed by atoms with E-state index >= 15 is 0 Å². The smallest absolute Gasteiger partial charge is 0.326 e. The lowest BCUT2D eigenvalue weighted by molar-refractivity contribution is -0.142. The van der Waals surface area contributed by atoms with E-state index < -0.39 is 29.9 Å². The fraction of sp³-hybridized carbons (Fsp3) is 0.757. The Morgan fingerprint density at radius 3 is 1.98 bits per heavy atom. The van der Waals surface area contributed by atoms with E-state index in [9.17, 15) is 33.9 Å². The highest BCUT2D eigenvalue weighted by atomic mass is 16.4. The van der Waals surface area contributed by atoms with E-state index in [1.807, 2.05) is 0 Å². The van der Waals surface area contributed by atoms with Crippen LogP contribution >= 0.6 is 0 Å². The number of imidazole rings is 1. The zero-order valence-electron chi connectivity index (χ0n) is 30.7. The van der Waals surface area contributed by atoms with Crippen molar-refractivity contribution in [2.24, 2.45) is 11.7 Å². The first kappa shape index (κ1) is 45.4. The summed E-state index contributed by atoms with van der Waals surface area (Å²) in [6.07, 6.45) is 20.3. The van der Waals surface area contributed by atoms with Crippen molar-refractivity contribution in [1.82, 2.24) is 25.9 Å². The summed E-state index contributed by atoms with van der Waals surface area (Å²) < 4.78 is 0. The molecule has 0 spiro atoms. The maximum atomic E-state index is 12.8. The quantitative estimate of drug-likeness (QED) is 0.0491. The number of amides is 2. The lowest BCUT2D eigenvalue weighted by Gasteiger charge is -2.18. The molecule has 0 aliphatic heterocycles. The molecule has 1 rings (SSSR count). The second kappa shape index (κ2) is 29.0. The van der Waals surface area contributed by atoms with E-state index in [0.717, 1.165) is 19.3 Å². The molecule has 292 valence electrons. The molecular formula is C37H66N6O8. The number of H-pyrrole nitrogens is 1. The standard InChI is InChI=1S/C37H64N6O8.H2/c1-2-3-4-5-6-7-8-9-10-11-12-13-14-18-35(47)43-31(37(50)51)19-20-34(46)41-21-16-15-17-28(33(45)25-39-26-36(48)49)22-32(44)30(38)23-29-24-40-27-42-29;/h24,27-28,30-31,39H,2-23,25-26,38H2,1H3,(H,40,42)(H,41,46)(H,43,47)(H,48,49)(H,50,51);1H/t28-,30+,31+;/m1./s1. The first-order chi connectivity index (χ1) is 24.5. The van der Waals surface area contributed by atoms with Gasteiger partial charge in [0, 0.05) is 51.5 Å². The molecule has 1 aromatic rings. The zero-order valence-corrected chi connectivity index (χ0v) is 30.7. The van der Waals surface area contributed by atoms with Crippen LogP contribution in [-0.2, 0) is 35.2 Å². The molecule has 0 aliphatic rings. The Labute approximate surface area is 304 Å². The molecule has 2 amide bonds. The predicted molar refractivity (Wildman–Crippen MR) is 197 cm³/mol. The number of aromatic amines is 1. The third-order valence-corrected chi connectivity index (χ3v) is 8.99. The summed E-state index contributed by atoms with van der Waals surface area (Å²) in [5, 5.41) is 26.3. The van der Waals surface area contributed by atoms with Gasteiger partial charge in [-0.3, -0.25) is 24.0 Å². The lowest BCUT2D eigenvalue weighted by Crippen LogP contribution is -2.41. The molecule has 0 aliphatic carbocycles. The number of carbonyl (C=O) groups excluding carboxylic acids is 4. The summed E-state index contributed by atoms with van der Waals surface area (Å²) >= 11 is 0. The normalized spacial score (nSPS) is 12.9. The first-order valence-electron chi connectivity index (χ1n) is 19.0. The molecule has 0 unspecified atom stereocenters. The number of aliphatic carboxylic acids is 2. The summed E-state index contributed by atoms with van der Waals surface area (Å²) in [6.45, 7) is 1.93. The number of carbonyl (C=O) groups is 6. The van der Waals surface area contributed by atoms with Gasteiger partial charge in [-0.15, -0.1) is 0 Å². The number of Topliss-reactive ketones (excluding diaryl/α,β-unsaturated/α-hetero) is 2. The van der Waals surface area contributed by atoms with E-state index in [1.54, 1.807) is 6.20 Å². The number of nitrogens with zero attached hydrogens (tertiary/aromatic N) is 1. The molecule has 1 heterocycles. The number of ketones is 2. The zero-order chi connectivity index (χ0) is 37.7. The van der Waals surface area contributed by atoms with Gasteiger partial charge in [0.25, 0.3) is 0 Å². The number of unbranched alkanes of at least 4 members (excludes halogenated alkanes) is 13. The molecule has 0 saturated heterocycles. The average molecular weight is 723 g/mol. The summed E-state index contributed by atoms with van der Waals surface area (Å²) in [4.78, 5) is 79.7. The van der Waals surface area contributed by atoms with E-state index in [2.05, 4.69) is 32.8 Å². The molecule has 0 bridgehead atoms. The molecule has 0 fully saturated rings. The van der Waals surface area contributed by atoms with Gasteiger partial charge in [-0.05, 0) is 25.7 Å². The summed E-state index contributed by atoms with van der Waals surface area (Å²) in [5.74, 6) is -4.21. The maximum absolute atomic E-state index is 12.8. The van der Waals surface area contributed by atoms with Crippen molar-refractivity contribution in [3.05, 3.63) is 18.2 Å². The number of carboxylic acids is 2. The van der Waals surface area contributed by atoms with Gasteiger partial charge in [0.05, 0.1) is 25.5 Å². The van der Waals surface area contributed by atoms with Crippen LogP contribution in [0.15, 0.2) is 12.5 Å². The minimum Gasteiger partial charge on any atom is -0.480 e. The Morgan fingerprint density at radius 1 is 0.784 bits per heavy atom. The van der Waals surface area contributed by atoms with Gasteiger partial charge in [-0.25, -0.2) is 9.78 Å². The van der Waals surface area contributed by atoms with Crippen molar-refractivity contribution >= 4 is 35.3 Å². The highest BCUT2D eigenvalue weighted by molar-refractivity contribution is 5.91. The van der Waals surface area contributed by atoms with Crippen LogP contribution in [0.2, 0.25) is 0 Å². The molecular weight excluding hydrogens is 656 g/mol. The third-order valence-electron chi connectivity index (χ3n) is 8.99. The van der Waals surface area contributed by atoms with Crippen LogP contribution in [0.25, 0.3) is 0 Å². The number of nitrogens with one attached hydrogen (secondary N) is 4. The SMILES string of the molecule is CCCCCCCCCCCCCCCC(=O)N[C@@H](CCC(=O)NCCCC[C@H](CC(=O)[C@@H](N)Cc1cnc[nH]1)C(=O)CNCC(=O)O)C(=O)O.[HH]. The molecule has 8 N–H and O–H groups in total. The number of aromatic nitrogens is 2. The Morgan fingerprint density at radius 2 is 1.41 bits per heavy atom. The van der Waals surface area contributed by atoms with Crippen molar-refractivity contribution in [1.29, 1.82) is 0 Å². The van der Waals surface area contributed by atoms with Crippen molar-refractivity contribution in [3.8, 4) is 0 Å². The molecule has 0 aromatic carbocycles. The predicted octanol–water partition coefficient (Wildman–Crippen LogP) is 4.46. The Bertz CT molecular complexity index is 1150. The highest BCUT2D eigenvalue weighted by Crippen LogP contribution is 2.17. The van der Waals surface area contributed by atoms with E-state index in [1.165, 1.54) is 64.1 Å². The fourth-order valence-corrected chi connectivity index (χ4v) is 5.89. The molecule has 3 atom stereocenters. The summed E-state index contributed by atoms with van der Waals surface area (Å²) in [6, 6.07) is -1.98. The van der Waals surface area contributed by atoms with Gasteiger partial charge in [-0.1, -0.05) is 90.4 Å². The van der Waals surface area contributed by atoms with E-state index in [0.29, 0.717) is 31.4 Å². The largest absolute Gasteiger partial charge is 0.480 e. The third kappa shape index (κ3) is 24.2. The van der Waals surface area contributed by atoms with Crippen LogP contribution < -0.4 is 21.7 Å². The Hall–Kier alpha value is -3.65. The highest BCUT2D eigenvalue weighted by Gasteiger charge is 2.25. The van der Waals surface area contributed by atoms with Gasteiger partial charge >= 0.3 is 11.9 Å². The van der Waals surface area contributed by atoms with Gasteiger partial charge in [0.2, 0.25) is 11.8 Å². The maximum Gasteiger partial charge on any atom is 0.326 e. The number of hydrogen-bond acceptors (Lipinski definition) is 9. The van der Waals surface area contributed by atoms with Crippen LogP contribution in [0, 0.1) is 5.92 Å². The lowest BCUT2D eigenvalue weighted by atomic mass is 9.89. The van der Waals surface area contributed by atoms with Gasteiger partial charge in [0.1, 0.15) is 11.8 Å². The Balaban J connectivity index is 0.0000260. The van der Waals surface area contributed by atoms with Crippen LogP contribution in [-0.4, -0.2) is 87.2 Å². The van der Waals surface area contributed by atoms with Crippen LogP contribution in [0.1, 0.15) is 142 Å². The molecule has 14 nitrogen and oxygen atoms in total. The first-order valence-corrected chi connectivity index (χ1v) is 19.0. The second-order valence-corrected chi connectivity index (χ2v) is 13.6. The molecule has 14 heteroatoms. The number of carboxylic acid groups (broad SMARTS) is 2. The molecule has 0 radical (unpaired) electrons. The summed E-state index contributed by atoms with van der Waals surface area (Å²) in [7, 11) is 0. The van der Waals surface area contributed by atoms with Crippen LogP contribution in [0.3, 0.4) is 0 Å². The second-order valence-electron chi connectivity index (χ2n) is 13.6. The number of nitrogens with two attached hydrogens (primary N) is 1. The Kier molecular flexibility index (Phi) is 25.8. The van der Waals surface area contributed by atoms with Crippen molar-refractivity contribution in [2.75, 3.05) is 19.6 Å². The van der Waals surface area contributed by atoms with Crippen molar-refractivity contribution in [3.63, 3.8) is 0 Å². The van der Waals surface area contributed by atoms with Crippen molar-refractivity contribution < 1.29 is 40.4 Å². The van der Waals surface area contributed by atoms with Gasteiger partial charge in [0.15, 0.2) is 5.78 Å². The number of hydrogen-bond donors (Lipinski definition) is 7. The fourth-order valence-electron chi connectivity index (χ4n) is 5.89. The van der Waals surface area contributed by atoms with Gasteiger partial charge in [-0.2, -0.15) is 0 Å². The van der Waals surface area contributed by atoms with E-state index in [-0.39, 0.29) is 76.5 Å². The minimum absolute atomic E-state index is 0. The summed E-state index contributed by atoms with van der Waals surface area (Å²) in [5.41, 5.74) is 6.75.